The minimum absolute atomic E-state index is 0.0573. The highest BCUT2D eigenvalue weighted by Crippen LogP contribution is 2.76. The number of hydrogen-bond donors (Lipinski definition) is 16. The van der Waals surface area contributed by atoms with Gasteiger partial charge in [-0.25, -0.2) is 0 Å². The summed E-state index contributed by atoms with van der Waals surface area (Å²) in [5, 5.41) is 174. The van der Waals surface area contributed by atoms with Gasteiger partial charge in [-0.2, -0.15) is 0 Å². The van der Waals surface area contributed by atoms with Gasteiger partial charge in [0.1, 0.15) is 103 Å². The van der Waals surface area contributed by atoms with Crippen LogP contribution in [0.2, 0.25) is 0 Å². The second-order valence-electron chi connectivity index (χ2n) is 26.2. The molecule has 0 amide bonds. The number of aliphatic carboxylic acids is 1. The van der Waals surface area contributed by atoms with Crippen molar-refractivity contribution < 1.29 is 129 Å². The lowest BCUT2D eigenvalue weighted by molar-refractivity contribution is -0.364. The number of ether oxygens (including phenoxy) is 8. The molecule has 0 spiro atoms. The number of esters is 1. The maximum absolute atomic E-state index is 15.5. The van der Waals surface area contributed by atoms with E-state index in [2.05, 4.69) is 40.7 Å². The SMILES string of the molecule is CC1(C)CC[C@]2(C(=O)O[C@@H]3O[C@H](CO[C@@H]4O[C@H](CO[C@@H]5O[C@H](CO)[C@@H](O)[C@H](O)[C@H]5O)[C@@H](O)[C@H](O)[C@H]4O)[C@@H](O)[C@H](O[C@@H]4O[C@H](CO)[C@@H](O)[C@H](O)[C@H]4O)[C@H]3O)[C@H](O)C[C@]3(C)C(=CC[C@@H]4[C@@]5(C)CC[C@H](O)[C@@](C)(C(=O)O)[C@H]5CC[C@]43C)[C@H]2C1. The molecule has 8 fully saturated rings. The van der Waals surface area contributed by atoms with Crippen molar-refractivity contribution in [2.45, 2.75) is 234 Å². The number of hydrogen-bond acceptors (Lipinski definition) is 25. The van der Waals surface area contributed by atoms with E-state index in [1.54, 1.807) is 6.92 Å². The Morgan fingerprint density at radius 2 is 1.06 bits per heavy atom. The van der Waals surface area contributed by atoms with Crippen LogP contribution in [0.25, 0.3) is 0 Å². The molecular formula is C54H86O26. The van der Waals surface area contributed by atoms with Gasteiger partial charge in [-0.1, -0.05) is 46.3 Å². The smallest absolute Gasteiger partial charge is 0.317 e. The van der Waals surface area contributed by atoms with E-state index in [-0.39, 0.29) is 30.1 Å². The largest absolute Gasteiger partial charge is 0.481 e. The average molecular weight is 1150 g/mol. The number of carbonyl (C=O) groups is 2. The zero-order valence-corrected chi connectivity index (χ0v) is 45.9. The Bertz CT molecular complexity index is 2250. The van der Waals surface area contributed by atoms with Gasteiger partial charge in [-0.15, -0.1) is 0 Å². The number of carbonyl (C=O) groups excluding carboxylic acids is 1. The third-order valence-electron chi connectivity index (χ3n) is 21.5. The average Bonchev–Trinajstić information content (AvgIpc) is 3.49. The Morgan fingerprint density at radius 1 is 0.550 bits per heavy atom. The molecule has 0 bridgehead atoms. The van der Waals surface area contributed by atoms with Crippen LogP contribution in [0.3, 0.4) is 0 Å². The van der Waals surface area contributed by atoms with E-state index >= 15 is 4.79 Å². The summed E-state index contributed by atoms with van der Waals surface area (Å²) >= 11 is 0. The van der Waals surface area contributed by atoms with Crippen molar-refractivity contribution in [2.75, 3.05) is 26.4 Å². The highest BCUT2D eigenvalue weighted by atomic mass is 16.8. The van der Waals surface area contributed by atoms with Crippen LogP contribution < -0.4 is 0 Å². The second-order valence-corrected chi connectivity index (χ2v) is 26.2. The third-order valence-corrected chi connectivity index (χ3v) is 21.5. The first kappa shape index (κ1) is 62.3. The predicted octanol–water partition coefficient (Wildman–Crippen LogP) is -4.00. The van der Waals surface area contributed by atoms with Crippen LogP contribution in [-0.4, -0.2) is 255 Å². The van der Waals surface area contributed by atoms with E-state index in [1.807, 2.05) is 0 Å². The molecule has 16 N–H and O–H groups in total. The molecule has 80 heavy (non-hydrogen) atoms. The Labute approximate surface area is 462 Å². The minimum atomic E-state index is -2.15. The number of carboxylic acid groups (broad SMARTS) is 1. The van der Waals surface area contributed by atoms with Crippen molar-refractivity contribution in [2.24, 2.45) is 50.2 Å². The van der Waals surface area contributed by atoms with Gasteiger partial charge in [0.15, 0.2) is 18.9 Å². The third kappa shape index (κ3) is 9.92. The van der Waals surface area contributed by atoms with Crippen LogP contribution in [0.5, 0.6) is 0 Å². The lowest BCUT2D eigenvalue weighted by atomic mass is 9.33. The fourth-order valence-corrected chi connectivity index (χ4v) is 16.3. The highest BCUT2D eigenvalue weighted by Gasteiger charge is 2.73. The quantitative estimate of drug-likeness (QED) is 0.0617. The molecule has 30 atom stereocenters. The molecule has 9 aliphatic rings. The van der Waals surface area contributed by atoms with Gasteiger partial charge in [0.05, 0.1) is 44.1 Å². The van der Waals surface area contributed by atoms with Gasteiger partial charge < -0.3 is 120 Å². The molecule has 458 valence electrons. The summed E-state index contributed by atoms with van der Waals surface area (Å²) in [6, 6.07) is 0. The standard InChI is InChI=1S/C54H86O26/c1-49(2)13-14-54(22(15-49)21-7-8-27-50(3)11-10-29(57)53(6,47(70)71)28(50)9-12-51(27,4)52(21,5)16-30(54)58)48(72)80-46-41(69)42(79-45-40(68)36(64)32(60)24(18-56)76-45)34(62)26(78-46)20-74-44-39(67)37(65)33(61)25(77-44)19-73-43-38(66)35(63)31(59)23(17-55)75-43/h7,22-46,55-69H,8-20H2,1-6H3,(H,70,71)/t22-,23-,24-,25-,26-,27-,28+,29+,30-,31-,32-,33-,34-,35+,36+,37+,38-,39-,40-,41-,42+,43-,44-,45+,46+,50-,51-,52-,53+,54-/m1/s1. The summed E-state index contributed by atoms with van der Waals surface area (Å²) in [7, 11) is 0. The first-order valence-corrected chi connectivity index (χ1v) is 28.1. The minimum Gasteiger partial charge on any atom is -0.481 e. The highest BCUT2D eigenvalue weighted by molar-refractivity contribution is 5.80. The molecule has 0 aromatic rings. The van der Waals surface area contributed by atoms with Gasteiger partial charge in [-0.3, -0.25) is 9.59 Å². The topological polar surface area (TPSA) is 432 Å². The van der Waals surface area contributed by atoms with E-state index < -0.39 is 206 Å². The van der Waals surface area contributed by atoms with Gasteiger partial charge in [0, 0.05) is 0 Å². The fraction of sp³-hybridized carbons (Fsp3) is 0.926. The fourth-order valence-electron chi connectivity index (χ4n) is 16.3. The van der Waals surface area contributed by atoms with Crippen LogP contribution >= 0.6 is 0 Å². The molecule has 0 aromatic carbocycles. The zero-order valence-electron chi connectivity index (χ0n) is 45.9. The van der Waals surface area contributed by atoms with Crippen molar-refractivity contribution in [1.29, 1.82) is 0 Å². The summed E-state index contributed by atoms with van der Waals surface area (Å²) in [6.45, 7) is 9.05. The molecular weight excluding hydrogens is 1060 g/mol. The van der Waals surface area contributed by atoms with Crippen molar-refractivity contribution in [1.82, 2.24) is 0 Å². The predicted molar refractivity (Wildman–Crippen MR) is 266 cm³/mol. The van der Waals surface area contributed by atoms with Gasteiger partial charge in [-0.05, 0) is 104 Å². The zero-order chi connectivity index (χ0) is 58.7. The van der Waals surface area contributed by atoms with Gasteiger partial charge in [0.2, 0.25) is 6.29 Å². The summed E-state index contributed by atoms with van der Waals surface area (Å²) in [4.78, 5) is 28.5. The summed E-state index contributed by atoms with van der Waals surface area (Å²) in [6.07, 6.45) is -33.6. The Morgan fingerprint density at radius 3 is 1.62 bits per heavy atom. The van der Waals surface area contributed by atoms with E-state index in [4.69, 9.17) is 37.9 Å². The molecule has 26 heteroatoms. The van der Waals surface area contributed by atoms with Crippen molar-refractivity contribution in [3.63, 3.8) is 0 Å². The molecule has 4 heterocycles. The van der Waals surface area contributed by atoms with Crippen LogP contribution in [-0.2, 0) is 47.5 Å². The molecule has 4 saturated carbocycles. The number of aliphatic hydroxyl groups excluding tert-OH is 15. The van der Waals surface area contributed by atoms with E-state index in [1.165, 1.54) is 0 Å². The summed E-state index contributed by atoms with van der Waals surface area (Å²) in [5.74, 6) is -3.03. The molecule has 0 radical (unpaired) electrons. The number of aliphatic hydroxyl groups is 15. The van der Waals surface area contributed by atoms with Gasteiger partial charge >= 0.3 is 11.9 Å². The lowest BCUT2D eigenvalue weighted by Crippen LogP contribution is -2.69. The van der Waals surface area contributed by atoms with Crippen LogP contribution in [0.4, 0.5) is 0 Å². The van der Waals surface area contributed by atoms with Crippen LogP contribution in [0.1, 0.15) is 99.3 Å². The van der Waals surface area contributed by atoms with Crippen LogP contribution in [0.15, 0.2) is 11.6 Å². The molecule has 0 aromatic heterocycles. The normalized spacial score (nSPS) is 54.0. The Hall–Kier alpha value is -2.20. The molecule has 4 aliphatic heterocycles. The van der Waals surface area contributed by atoms with E-state index in [0.717, 1.165) is 5.57 Å². The second kappa shape index (κ2) is 22.6. The number of allylic oxidation sites excluding steroid dienone is 2. The maximum Gasteiger partial charge on any atom is 0.317 e. The molecule has 9 rings (SSSR count). The van der Waals surface area contributed by atoms with Gasteiger partial charge in [0.25, 0.3) is 0 Å². The van der Waals surface area contributed by atoms with Crippen LogP contribution in [0, 0.1) is 50.2 Å². The number of fused-ring (bicyclic) bond motifs is 7. The molecule has 26 nitrogen and oxygen atoms in total. The number of rotatable bonds is 13. The Balaban J connectivity index is 0.990. The molecule has 0 unspecified atom stereocenters. The van der Waals surface area contributed by atoms with E-state index in [9.17, 15) is 86.5 Å². The lowest BCUT2D eigenvalue weighted by Gasteiger charge is -2.71. The van der Waals surface area contributed by atoms with E-state index in [0.29, 0.717) is 44.9 Å². The monoisotopic (exact) mass is 1150 g/mol. The summed E-state index contributed by atoms with van der Waals surface area (Å²) in [5.41, 5.74) is -4.15. The first-order chi connectivity index (χ1) is 37.4. The summed E-state index contributed by atoms with van der Waals surface area (Å²) < 4.78 is 46.3. The maximum atomic E-state index is 15.5. The molecule has 5 aliphatic carbocycles. The number of carboxylic acids is 1. The van der Waals surface area contributed by atoms with Crippen molar-refractivity contribution in [3.8, 4) is 0 Å². The molecule has 4 saturated heterocycles. The van der Waals surface area contributed by atoms with Crippen molar-refractivity contribution >= 4 is 11.9 Å². The van der Waals surface area contributed by atoms with Crippen molar-refractivity contribution in [3.05, 3.63) is 11.6 Å². The first-order valence-electron chi connectivity index (χ1n) is 28.1. The Kier molecular flexibility index (Phi) is 17.6.